The van der Waals surface area contributed by atoms with Crippen molar-refractivity contribution >= 4 is 24.0 Å². The fourth-order valence-corrected chi connectivity index (χ4v) is 2.62. The molecule has 6 heteroatoms. The first-order valence-electron chi connectivity index (χ1n) is 6.52. The van der Waals surface area contributed by atoms with E-state index in [0.717, 1.165) is 18.5 Å². The quantitative estimate of drug-likeness (QED) is 0.916. The molecule has 0 aliphatic carbocycles. The number of hydrogen-bond donors (Lipinski definition) is 1. The summed E-state index contributed by atoms with van der Waals surface area (Å²) in [5.41, 5.74) is 0.670. The smallest absolute Gasteiger partial charge is 0.246 e. The molecule has 4 nitrogen and oxygen atoms in total. The lowest BCUT2D eigenvalue weighted by atomic mass is 9.91. The van der Waals surface area contributed by atoms with E-state index in [2.05, 4.69) is 22.4 Å². The van der Waals surface area contributed by atoms with Gasteiger partial charge < -0.3 is 9.84 Å². The third-order valence-electron chi connectivity index (χ3n) is 3.60. The Morgan fingerprint density at radius 3 is 2.90 bits per heavy atom. The number of nitrogens with one attached hydrogen (secondary N) is 1. The number of aromatic nitrogens is 2. The summed E-state index contributed by atoms with van der Waals surface area (Å²) in [4.78, 5) is 4.52. The molecule has 0 amide bonds. The van der Waals surface area contributed by atoms with E-state index < -0.39 is 0 Å². The van der Waals surface area contributed by atoms with Crippen LogP contribution in [0.5, 0.6) is 0 Å². The fraction of sp³-hybridized carbons (Fsp3) is 0.429. The summed E-state index contributed by atoms with van der Waals surface area (Å²) in [6.45, 7) is 3.10. The molecule has 1 aromatic heterocycles. The van der Waals surface area contributed by atoms with Crippen LogP contribution < -0.4 is 5.32 Å². The fourth-order valence-electron chi connectivity index (χ4n) is 2.43. The molecule has 108 valence electrons. The molecule has 3 rings (SSSR count). The molecule has 1 aliphatic heterocycles. The molecule has 20 heavy (non-hydrogen) atoms. The van der Waals surface area contributed by atoms with Crippen LogP contribution in [0, 0.1) is 0 Å². The van der Waals surface area contributed by atoms with Gasteiger partial charge in [-0.15, -0.1) is 12.4 Å². The maximum Gasteiger partial charge on any atom is 0.246 e. The molecular formula is C14H17Cl2N3O. The maximum atomic E-state index is 5.98. The lowest BCUT2D eigenvalue weighted by Crippen LogP contribution is -2.43. The predicted octanol–water partition coefficient (Wildman–Crippen LogP) is 3.80. The largest absolute Gasteiger partial charge is 0.337 e. The van der Waals surface area contributed by atoms with Crippen LogP contribution in [0.15, 0.2) is 28.8 Å². The van der Waals surface area contributed by atoms with Gasteiger partial charge in [0.15, 0.2) is 0 Å². The van der Waals surface area contributed by atoms with E-state index in [0.29, 0.717) is 16.7 Å². The highest BCUT2D eigenvalue weighted by Crippen LogP contribution is 2.30. The van der Waals surface area contributed by atoms with Gasteiger partial charge in [-0.25, -0.2) is 0 Å². The van der Waals surface area contributed by atoms with E-state index in [1.54, 1.807) is 0 Å². The van der Waals surface area contributed by atoms with Gasteiger partial charge in [-0.2, -0.15) is 4.98 Å². The topological polar surface area (TPSA) is 51.0 Å². The molecule has 1 atom stereocenters. The van der Waals surface area contributed by atoms with E-state index in [1.165, 1.54) is 12.8 Å². The van der Waals surface area contributed by atoms with Gasteiger partial charge in [0.25, 0.3) is 0 Å². The van der Waals surface area contributed by atoms with Crippen molar-refractivity contribution in [1.29, 1.82) is 0 Å². The van der Waals surface area contributed by atoms with E-state index in [1.807, 2.05) is 24.3 Å². The second-order valence-corrected chi connectivity index (χ2v) is 5.59. The average molecular weight is 314 g/mol. The molecule has 0 radical (unpaired) electrons. The molecule has 0 spiro atoms. The van der Waals surface area contributed by atoms with Gasteiger partial charge in [-0.05, 0) is 44.9 Å². The maximum absolute atomic E-state index is 5.98. The minimum absolute atomic E-state index is 0. The Kier molecular flexibility index (Phi) is 4.68. The lowest BCUT2D eigenvalue weighted by molar-refractivity contribution is 0.207. The first kappa shape index (κ1) is 15.3. The second kappa shape index (κ2) is 6.12. The van der Waals surface area contributed by atoms with Gasteiger partial charge in [0.2, 0.25) is 11.7 Å². The first-order chi connectivity index (χ1) is 9.17. The molecule has 2 aromatic rings. The van der Waals surface area contributed by atoms with Gasteiger partial charge in [-0.1, -0.05) is 28.9 Å². The molecule has 1 fully saturated rings. The Morgan fingerprint density at radius 2 is 2.20 bits per heavy atom. The normalized spacial score (nSPS) is 22.3. The van der Waals surface area contributed by atoms with Crippen LogP contribution in [-0.2, 0) is 5.54 Å². The van der Waals surface area contributed by atoms with Crippen molar-refractivity contribution in [2.45, 2.75) is 31.7 Å². The van der Waals surface area contributed by atoms with Crippen molar-refractivity contribution < 1.29 is 4.52 Å². The van der Waals surface area contributed by atoms with E-state index in [4.69, 9.17) is 16.1 Å². The van der Waals surface area contributed by atoms with Gasteiger partial charge in [0, 0.05) is 10.6 Å². The molecule has 2 heterocycles. The summed E-state index contributed by atoms with van der Waals surface area (Å²) >= 11 is 5.98. The molecule has 1 unspecified atom stereocenters. The number of nitrogens with zero attached hydrogens (tertiary/aromatic N) is 2. The summed E-state index contributed by atoms with van der Waals surface area (Å²) in [5, 5.41) is 8.20. The van der Waals surface area contributed by atoms with Crippen molar-refractivity contribution in [2.75, 3.05) is 6.54 Å². The molecule has 1 N–H and O–H groups in total. The number of rotatable bonds is 2. The van der Waals surface area contributed by atoms with Gasteiger partial charge in [0.05, 0.1) is 5.54 Å². The molecule has 1 aromatic carbocycles. The third kappa shape index (κ3) is 2.97. The number of halogens is 2. The van der Waals surface area contributed by atoms with Gasteiger partial charge in [0.1, 0.15) is 0 Å². The molecule has 0 saturated carbocycles. The zero-order valence-corrected chi connectivity index (χ0v) is 12.8. The minimum atomic E-state index is -0.206. The first-order valence-corrected chi connectivity index (χ1v) is 6.90. The van der Waals surface area contributed by atoms with Crippen molar-refractivity contribution in [1.82, 2.24) is 15.5 Å². The monoisotopic (exact) mass is 313 g/mol. The van der Waals surface area contributed by atoms with Crippen molar-refractivity contribution in [3.05, 3.63) is 35.2 Å². The zero-order valence-electron chi connectivity index (χ0n) is 11.2. The lowest BCUT2D eigenvalue weighted by Gasteiger charge is -2.31. The zero-order chi connectivity index (χ0) is 13.3. The van der Waals surface area contributed by atoms with Gasteiger partial charge in [-0.3, -0.25) is 0 Å². The molecular weight excluding hydrogens is 297 g/mol. The van der Waals surface area contributed by atoms with Crippen molar-refractivity contribution in [2.24, 2.45) is 0 Å². The highest BCUT2D eigenvalue weighted by Gasteiger charge is 2.34. The SMILES string of the molecule is CC1(c2nc(-c3cccc(Cl)c3)no2)CCCCN1.Cl. The summed E-state index contributed by atoms with van der Waals surface area (Å²) < 4.78 is 5.43. The summed E-state index contributed by atoms with van der Waals surface area (Å²) in [6.07, 6.45) is 3.40. The van der Waals surface area contributed by atoms with Crippen LogP contribution >= 0.6 is 24.0 Å². The number of hydrogen-bond acceptors (Lipinski definition) is 4. The Labute approximate surface area is 129 Å². The second-order valence-electron chi connectivity index (χ2n) is 5.15. The molecule has 0 bridgehead atoms. The Balaban J connectivity index is 0.00000147. The number of benzene rings is 1. The third-order valence-corrected chi connectivity index (χ3v) is 3.83. The van der Waals surface area contributed by atoms with E-state index in [9.17, 15) is 0 Å². The summed E-state index contributed by atoms with van der Waals surface area (Å²) in [7, 11) is 0. The highest BCUT2D eigenvalue weighted by atomic mass is 35.5. The van der Waals surface area contributed by atoms with Crippen LogP contribution in [0.25, 0.3) is 11.4 Å². The minimum Gasteiger partial charge on any atom is -0.337 e. The van der Waals surface area contributed by atoms with Crippen LogP contribution in [0.3, 0.4) is 0 Å². The van der Waals surface area contributed by atoms with Crippen LogP contribution in [0.1, 0.15) is 32.1 Å². The average Bonchev–Trinajstić information content (AvgIpc) is 2.90. The Bertz CT molecular complexity index is 579. The number of piperidine rings is 1. The standard InChI is InChI=1S/C14H16ClN3O.ClH/c1-14(7-2-3-8-16-14)13-17-12(18-19-13)10-5-4-6-11(15)9-10;/h4-6,9,16H,2-3,7-8H2,1H3;1H. The predicted molar refractivity (Wildman–Crippen MR) is 81.2 cm³/mol. The summed E-state index contributed by atoms with van der Waals surface area (Å²) in [6, 6.07) is 7.48. The molecule has 1 aliphatic rings. The Hall–Kier alpha value is -1.10. The van der Waals surface area contributed by atoms with Crippen molar-refractivity contribution in [3.8, 4) is 11.4 Å². The van der Waals surface area contributed by atoms with E-state index >= 15 is 0 Å². The highest BCUT2D eigenvalue weighted by molar-refractivity contribution is 6.30. The van der Waals surface area contributed by atoms with Gasteiger partial charge >= 0.3 is 0 Å². The van der Waals surface area contributed by atoms with E-state index in [-0.39, 0.29) is 17.9 Å². The van der Waals surface area contributed by atoms with Crippen LogP contribution in [0.4, 0.5) is 0 Å². The Morgan fingerprint density at radius 1 is 1.35 bits per heavy atom. The van der Waals surface area contributed by atoms with Crippen LogP contribution in [-0.4, -0.2) is 16.7 Å². The van der Waals surface area contributed by atoms with Crippen molar-refractivity contribution in [3.63, 3.8) is 0 Å². The van der Waals surface area contributed by atoms with Crippen LogP contribution in [0.2, 0.25) is 5.02 Å². The summed E-state index contributed by atoms with van der Waals surface area (Å²) in [5.74, 6) is 1.24. The molecule has 1 saturated heterocycles.